The lowest BCUT2D eigenvalue weighted by atomic mass is 10.0. The summed E-state index contributed by atoms with van der Waals surface area (Å²) in [4.78, 5) is 24.2. The number of aryl methyl sites for hydroxylation is 1. The van der Waals surface area contributed by atoms with Gasteiger partial charge in [0.05, 0.1) is 11.4 Å². The molecule has 0 spiro atoms. The minimum atomic E-state index is -0.715. The molecule has 3 heterocycles. The Morgan fingerprint density at radius 2 is 2.09 bits per heavy atom. The van der Waals surface area contributed by atoms with Gasteiger partial charge in [0.15, 0.2) is 11.6 Å². The molecule has 1 unspecified atom stereocenters. The highest BCUT2D eigenvalue weighted by Crippen LogP contribution is 2.32. The van der Waals surface area contributed by atoms with Crippen molar-refractivity contribution < 1.29 is 13.9 Å². The molecule has 3 aromatic rings. The summed E-state index contributed by atoms with van der Waals surface area (Å²) in [5.74, 6) is 0.0450. The molecule has 1 saturated heterocycles. The van der Waals surface area contributed by atoms with Gasteiger partial charge in [-0.25, -0.2) is 9.37 Å². The van der Waals surface area contributed by atoms with Crippen LogP contribution in [-0.2, 0) is 11.2 Å². The molecule has 1 amide bonds. The van der Waals surface area contributed by atoms with E-state index in [1.807, 2.05) is 20.2 Å². The van der Waals surface area contributed by atoms with Crippen LogP contribution >= 0.6 is 0 Å². The molecule has 1 aliphatic heterocycles. The number of aromatic amines is 1. The average molecular weight is 440 g/mol. The van der Waals surface area contributed by atoms with Crippen LogP contribution < -0.4 is 10.5 Å². The zero-order valence-corrected chi connectivity index (χ0v) is 18.8. The number of ether oxygens (including phenoxy) is 1. The average Bonchev–Trinajstić information content (AvgIpc) is 3.17. The van der Waals surface area contributed by atoms with E-state index in [0.29, 0.717) is 17.0 Å². The number of benzene rings is 1. The van der Waals surface area contributed by atoms with Gasteiger partial charge in [-0.1, -0.05) is 6.07 Å². The molecule has 1 atom stereocenters. The maximum Gasteiger partial charge on any atom is 0.239 e. The summed E-state index contributed by atoms with van der Waals surface area (Å²) in [5, 5.41) is 0.820. The summed E-state index contributed by atoms with van der Waals surface area (Å²) in [6.45, 7) is 3.88. The Bertz CT molecular complexity index is 1110. The van der Waals surface area contributed by atoms with E-state index in [2.05, 4.69) is 21.9 Å². The van der Waals surface area contributed by atoms with Gasteiger partial charge < -0.3 is 25.3 Å². The molecular weight excluding hydrogens is 409 g/mol. The third kappa shape index (κ3) is 4.61. The molecule has 3 N–H and O–H groups in total. The van der Waals surface area contributed by atoms with Crippen LogP contribution in [0.2, 0.25) is 0 Å². The number of amides is 1. The summed E-state index contributed by atoms with van der Waals surface area (Å²) in [6.07, 6.45) is 5.60. The van der Waals surface area contributed by atoms with Crippen molar-refractivity contribution in [1.82, 2.24) is 19.8 Å². The fourth-order valence-electron chi connectivity index (χ4n) is 4.31. The number of aromatic nitrogens is 2. The lowest BCUT2D eigenvalue weighted by Gasteiger charge is -2.36. The zero-order chi connectivity index (χ0) is 22.8. The highest BCUT2D eigenvalue weighted by atomic mass is 19.1. The summed E-state index contributed by atoms with van der Waals surface area (Å²) in [5.41, 5.74) is 8.52. The van der Waals surface area contributed by atoms with E-state index in [1.165, 1.54) is 6.07 Å². The second-order valence-corrected chi connectivity index (χ2v) is 8.67. The number of nitrogens with zero attached hydrogens (tertiary/aromatic N) is 3. The predicted octanol–water partition coefficient (Wildman–Crippen LogP) is 3.23. The van der Waals surface area contributed by atoms with E-state index < -0.39 is 11.9 Å². The van der Waals surface area contributed by atoms with Gasteiger partial charge in [-0.3, -0.25) is 4.79 Å². The molecule has 170 valence electrons. The Hall–Kier alpha value is -2.97. The maximum atomic E-state index is 14.8. The van der Waals surface area contributed by atoms with E-state index in [4.69, 9.17) is 10.5 Å². The third-order valence-corrected chi connectivity index (χ3v) is 6.30. The molecule has 4 rings (SSSR count). The minimum absolute atomic E-state index is 0.109. The fourth-order valence-corrected chi connectivity index (χ4v) is 4.31. The van der Waals surface area contributed by atoms with Gasteiger partial charge in [0, 0.05) is 25.5 Å². The normalized spacial score (nSPS) is 16.3. The Balaban J connectivity index is 1.42. The number of pyridine rings is 1. The van der Waals surface area contributed by atoms with Crippen LogP contribution in [0.5, 0.6) is 11.5 Å². The summed E-state index contributed by atoms with van der Waals surface area (Å²) < 4.78 is 20.7. The smallest absolute Gasteiger partial charge is 0.239 e. The number of rotatable bonds is 6. The van der Waals surface area contributed by atoms with Gasteiger partial charge >= 0.3 is 0 Å². The van der Waals surface area contributed by atoms with Crippen molar-refractivity contribution in [2.24, 2.45) is 5.73 Å². The Morgan fingerprint density at radius 1 is 1.34 bits per heavy atom. The van der Waals surface area contributed by atoms with E-state index in [1.54, 1.807) is 29.3 Å². The van der Waals surface area contributed by atoms with E-state index in [0.717, 1.165) is 36.9 Å². The van der Waals surface area contributed by atoms with Crippen LogP contribution in [0.25, 0.3) is 11.0 Å². The molecule has 8 heteroatoms. The predicted molar refractivity (Wildman–Crippen MR) is 122 cm³/mol. The Morgan fingerprint density at radius 3 is 2.81 bits per heavy atom. The second-order valence-electron chi connectivity index (χ2n) is 8.67. The van der Waals surface area contributed by atoms with Gasteiger partial charge in [-0.2, -0.15) is 0 Å². The first-order chi connectivity index (χ1) is 15.3. The molecule has 7 nitrogen and oxygen atoms in total. The number of H-pyrrole nitrogens is 1. The second kappa shape index (κ2) is 9.26. The van der Waals surface area contributed by atoms with Crippen molar-refractivity contribution in [1.29, 1.82) is 0 Å². The highest BCUT2D eigenvalue weighted by Gasteiger charge is 2.27. The molecule has 0 radical (unpaired) electrons. The van der Waals surface area contributed by atoms with Crippen LogP contribution in [0.15, 0.2) is 36.7 Å². The third-order valence-electron chi connectivity index (χ3n) is 6.30. The van der Waals surface area contributed by atoms with Crippen molar-refractivity contribution in [3.8, 4) is 11.5 Å². The number of carbonyl (C=O) groups excluding carboxylic acids is 1. The largest absolute Gasteiger partial charge is 0.453 e. The summed E-state index contributed by atoms with van der Waals surface area (Å²) >= 11 is 0. The number of piperidine rings is 1. The number of carbonyl (C=O) groups is 1. The van der Waals surface area contributed by atoms with E-state index in [-0.39, 0.29) is 24.1 Å². The molecule has 2 aromatic heterocycles. The number of likely N-dealkylation sites (tertiary alicyclic amines) is 1. The van der Waals surface area contributed by atoms with Gasteiger partial charge in [0.2, 0.25) is 5.91 Å². The number of fused-ring (bicyclic) bond motifs is 1. The van der Waals surface area contributed by atoms with E-state index in [9.17, 15) is 9.18 Å². The monoisotopic (exact) mass is 439 g/mol. The molecule has 1 aromatic carbocycles. The lowest BCUT2D eigenvalue weighted by molar-refractivity contribution is -0.134. The van der Waals surface area contributed by atoms with Gasteiger partial charge in [0.1, 0.15) is 11.4 Å². The minimum Gasteiger partial charge on any atom is -0.453 e. The topological polar surface area (TPSA) is 87.5 Å². The van der Waals surface area contributed by atoms with Crippen LogP contribution in [0.4, 0.5) is 4.39 Å². The van der Waals surface area contributed by atoms with Gasteiger partial charge in [-0.05, 0) is 75.6 Å². The first-order valence-electron chi connectivity index (χ1n) is 10.9. The SMILES string of the molecule is Cc1c[nH]c2nccc(Oc3ccc(CC(N)C(=O)N(C)C4CCN(C)CC4)cc3F)c12. The van der Waals surface area contributed by atoms with E-state index >= 15 is 0 Å². The van der Waals surface area contributed by atoms with Crippen molar-refractivity contribution in [2.45, 2.75) is 38.3 Å². The van der Waals surface area contributed by atoms with Gasteiger partial charge in [0.25, 0.3) is 0 Å². The van der Waals surface area contributed by atoms with Crippen molar-refractivity contribution >= 4 is 16.9 Å². The highest BCUT2D eigenvalue weighted by molar-refractivity contribution is 5.86. The fraction of sp³-hybridized carbons (Fsp3) is 0.417. The molecule has 32 heavy (non-hydrogen) atoms. The van der Waals surface area contributed by atoms with Gasteiger partial charge in [-0.15, -0.1) is 0 Å². The molecule has 1 fully saturated rings. The first-order valence-corrected chi connectivity index (χ1v) is 10.9. The number of nitrogens with one attached hydrogen (secondary N) is 1. The molecule has 0 bridgehead atoms. The Kier molecular flexibility index (Phi) is 6.43. The van der Waals surface area contributed by atoms with Crippen molar-refractivity contribution in [3.05, 3.63) is 53.6 Å². The Labute approximate surface area is 187 Å². The summed E-state index contributed by atoms with van der Waals surface area (Å²) in [6, 6.07) is 5.92. The quantitative estimate of drug-likeness (QED) is 0.616. The summed E-state index contributed by atoms with van der Waals surface area (Å²) in [7, 11) is 3.90. The standard InChI is InChI=1S/C24H30FN5O2/c1-15-14-28-23-22(15)21(6-9-27-23)32-20-5-4-16(12-18(20)25)13-19(26)24(31)30(3)17-7-10-29(2)11-8-17/h4-6,9,12,14,17,19H,7-8,10-11,13,26H2,1-3H3,(H,27,28). The van der Waals surface area contributed by atoms with Crippen molar-refractivity contribution in [3.63, 3.8) is 0 Å². The zero-order valence-electron chi connectivity index (χ0n) is 18.8. The van der Waals surface area contributed by atoms with Crippen molar-refractivity contribution in [2.75, 3.05) is 27.2 Å². The van der Waals surface area contributed by atoms with Crippen LogP contribution in [0, 0.1) is 12.7 Å². The number of hydrogen-bond donors (Lipinski definition) is 2. The number of nitrogens with two attached hydrogens (primary N) is 1. The molecule has 1 aliphatic rings. The lowest BCUT2D eigenvalue weighted by Crippen LogP contribution is -2.50. The number of halogens is 1. The number of hydrogen-bond acceptors (Lipinski definition) is 5. The molecule has 0 saturated carbocycles. The van der Waals surface area contributed by atoms with Crippen LogP contribution in [0.3, 0.4) is 0 Å². The van der Waals surface area contributed by atoms with Crippen LogP contribution in [0.1, 0.15) is 24.0 Å². The first kappa shape index (κ1) is 22.2. The number of likely N-dealkylation sites (N-methyl/N-ethyl adjacent to an activating group) is 1. The molecular formula is C24H30FN5O2. The maximum absolute atomic E-state index is 14.8. The van der Waals surface area contributed by atoms with Crippen LogP contribution in [-0.4, -0.2) is 64.9 Å². The molecule has 0 aliphatic carbocycles.